The Bertz CT molecular complexity index is 1510. The molecule has 202 valence electrons. The number of benzene rings is 3. The van der Waals surface area contributed by atoms with E-state index in [4.69, 9.17) is 14.2 Å². The minimum absolute atomic E-state index is 0.101. The van der Waals surface area contributed by atoms with Crippen molar-refractivity contribution in [2.24, 2.45) is 23.7 Å². The van der Waals surface area contributed by atoms with E-state index in [1.54, 1.807) is 14.2 Å². The minimum atomic E-state index is -0.580. The van der Waals surface area contributed by atoms with Crippen LogP contribution in [-0.4, -0.2) is 38.1 Å². The molecule has 2 aliphatic carbocycles. The van der Waals surface area contributed by atoms with Crippen molar-refractivity contribution in [2.45, 2.75) is 0 Å². The summed E-state index contributed by atoms with van der Waals surface area (Å²) in [5.74, 6) is -0.826. The standard InChI is InChI=1S/C31H26N2O7/c1-38-20-9-4-17(5-10-20)26(18-6-11-21(39-2)12-7-18)27-22-13-14-23(27)29-28(22)30(34)32(31(29)35)24-15-8-19(33(36)37)16-25(24)40-3/h4-16,22-23,28-29H,1-3H3/t22-,23-,28-,29+/m1/s1. The Morgan fingerprint density at radius 3 is 1.68 bits per heavy atom. The fourth-order valence-electron chi connectivity index (χ4n) is 6.31. The predicted molar refractivity (Wildman–Crippen MR) is 147 cm³/mol. The van der Waals surface area contributed by atoms with Gasteiger partial charge in [0.15, 0.2) is 0 Å². The molecule has 3 aromatic rings. The van der Waals surface area contributed by atoms with Gasteiger partial charge in [0.25, 0.3) is 5.69 Å². The number of anilines is 1. The molecule has 0 aromatic heterocycles. The van der Waals surface area contributed by atoms with Crippen LogP contribution in [-0.2, 0) is 9.59 Å². The number of ether oxygens (including phenoxy) is 3. The molecule has 0 unspecified atom stereocenters. The van der Waals surface area contributed by atoms with Crippen molar-refractivity contribution < 1.29 is 28.7 Å². The predicted octanol–water partition coefficient (Wildman–Crippen LogP) is 5.04. The molecule has 0 radical (unpaired) electrons. The zero-order valence-corrected chi connectivity index (χ0v) is 22.1. The number of nitrogens with zero attached hydrogens (tertiary/aromatic N) is 2. The van der Waals surface area contributed by atoms with Gasteiger partial charge in [-0.3, -0.25) is 19.7 Å². The topological polar surface area (TPSA) is 108 Å². The van der Waals surface area contributed by atoms with Gasteiger partial charge in [-0.2, -0.15) is 0 Å². The SMILES string of the molecule is COc1ccc(C(=C2[C@H]3C=C[C@H]2[C@H]2C(=O)N(c4ccc([N+](=O)[O-])cc4OC)C(=O)[C@H]23)c2ccc(OC)cc2)cc1. The Hall–Kier alpha value is -4.92. The molecular weight excluding hydrogens is 512 g/mol. The second-order valence-corrected chi connectivity index (χ2v) is 9.90. The Kier molecular flexibility index (Phi) is 6.14. The average Bonchev–Trinajstić information content (AvgIpc) is 3.62. The number of non-ortho nitro benzene ring substituents is 1. The number of fused-ring (bicyclic) bond motifs is 5. The number of nitro benzene ring substituents is 1. The van der Waals surface area contributed by atoms with Gasteiger partial charge in [0.05, 0.1) is 49.8 Å². The third-order valence-corrected chi connectivity index (χ3v) is 8.08. The highest BCUT2D eigenvalue weighted by atomic mass is 16.6. The number of imide groups is 1. The lowest BCUT2D eigenvalue weighted by atomic mass is 9.85. The normalized spacial score (nSPS) is 22.5. The largest absolute Gasteiger partial charge is 0.497 e. The monoisotopic (exact) mass is 538 g/mol. The number of carbonyl (C=O) groups excluding carboxylic acids is 2. The summed E-state index contributed by atoms with van der Waals surface area (Å²) in [7, 11) is 4.59. The van der Waals surface area contributed by atoms with Crippen molar-refractivity contribution in [3.63, 3.8) is 0 Å². The first-order chi connectivity index (χ1) is 19.4. The fourth-order valence-corrected chi connectivity index (χ4v) is 6.31. The quantitative estimate of drug-likeness (QED) is 0.179. The molecule has 2 amide bonds. The number of carbonyl (C=O) groups is 2. The number of hydrogen-bond acceptors (Lipinski definition) is 7. The summed E-state index contributed by atoms with van der Waals surface area (Å²) < 4.78 is 16.1. The lowest BCUT2D eigenvalue weighted by molar-refractivity contribution is -0.384. The van der Waals surface area contributed by atoms with Crippen molar-refractivity contribution in [3.8, 4) is 17.2 Å². The van der Waals surface area contributed by atoms with Gasteiger partial charge < -0.3 is 14.2 Å². The van der Waals surface area contributed by atoms with Crippen LogP contribution in [0.2, 0.25) is 0 Å². The number of rotatable bonds is 7. The summed E-state index contributed by atoms with van der Waals surface area (Å²) in [6, 6.07) is 19.4. The molecule has 0 spiro atoms. The summed E-state index contributed by atoms with van der Waals surface area (Å²) >= 11 is 0. The van der Waals surface area contributed by atoms with Crippen LogP contribution in [0.15, 0.2) is 84.5 Å². The lowest BCUT2D eigenvalue weighted by Crippen LogP contribution is -2.33. The Morgan fingerprint density at radius 1 is 0.750 bits per heavy atom. The molecule has 6 rings (SSSR count). The number of allylic oxidation sites excluding steroid dienone is 3. The fraction of sp³-hybridized carbons (Fsp3) is 0.226. The highest BCUT2D eigenvalue weighted by Crippen LogP contribution is 2.59. The molecule has 40 heavy (non-hydrogen) atoms. The van der Waals surface area contributed by atoms with Crippen molar-refractivity contribution in [1.82, 2.24) is 0 Å². The van der Waals surface area contributed by atoms with E-state index in [0.29, 0.717) is 0 Å². The van der Waals surface area contributed by atoms with Gasteiger partial charge in [-0.25, -0.2) is 4.90 Å². The summed E-state index contributed by atoms with van der Waals surface area (Å²) in [5.41, 5.74) is 3.94. The van der Waals surface area contributed by atoms with E-state index in [-0.39, 0.29) is 40.8 Å². The highest BCUT2D eigenvalue weighted by Gasteiger charge is 2.62. The first-order valence-electron chi connectivity index (χ1n) is 12.8. The molecule has 3 aromatic carbocycles. The van der Waals surface area contributed by atoms with Gasteiger partial charge in [0, 0.05) is 17.9 Å². The van der Waals surface area contributed by atoms with Gasteiger partial charge in [-0.1, -0.05) is 36.4 Å². The van der Waals surface area contributed by atoms with Crippen LogP contribution >= 0.6 is 0 Å². The van der Waals surface area contributed by atoms with E-state index < -0.39 is 16.8 Å². The van der Waals surface area contributed by atoms with Gasteiger partial charge in [-0.15, -0.1) is 0 Å². The average molecular weight is 539 g/mol. The minimum Gasteiger partial charge on any atom is -0.497 e. The summed E-state index contributed by atoms with van der Waals surface area (Å²) in [6.45, 7) is 0. The molecule has 1 heterocycles. The molecule has 9 nitrogen and oxygen atoms in total. The van der Waals surface area contributed by atoms with Crippen molar-refractivity contribution in [3.05, 3.63) is 106 Å². The zero-order valence-electron chi connectivity index (χ0n) is 22.1. The maximum atomic E-state index is 13.9. The molecular formula is C31H26N2O7. The first kappa shape index (κ1) is 25.4. The maximum Gasteiger partial charge on any atom is 0.273 e. The molecule has 3 aliphatic rings. The molecule has 2 fully saturated rings. The van der Waals surface area contributed by atoms with Crippen LogP contribution in [0.25, 0.3) is 5.57 Å². The van der Waals surface area contributed by atoms with E-state index in [0.717, 1.165) is 38.7 Å². The van der Waals surface area contributed by atoms with Crippen LogP contribution in [0.5, 0.6) is 17.2 Å². The molecule has 4 atom stereocenters. The van der Waals surface area contributed by atoms with Crippen molar-refractivity contribution in [1.29, 1.82) is 0 Å². The van der Waals surface area contributed by atoms with Crippen LogP contribution in [0.3, 0.4) is 0 Å². The van der Waals surface area contributed by atoms with E-state index in [1.165, 1.54) is 25.3 Å². The van der Waals surface area contributed by atoms with Gasteiger partial charge >= 0.3 is 0 Å². The molecule has 1 saturated carbocycles. The summed E-state index contributed by atoms with van der Waals surface area (Å²) in [4.78, 5) is 39.7. The third-order valence-electron chi connectivity index (χ3n) is 8.08. The molecule has 9 heteroatoms. The number of nitro groups is 1. The van der Waals surface area contributed by atoms with Gasteiger partial charge in [0.1, 0.15) is 17.2 Å². The van der Waals surface area contributed by atoms with Crippen molar-refractivity contribution >= 4 is 28.8 Å². The van der Waals surface area contributed by atoms with E-state index in [1.807, 2.05) is 60.7 Å². The maximum absolute atomic E-state index is 13.9. The Morgan fingerprint density at radius 2 is 1.25 bits per heavy atom. The van der Waals surface area contributed by atoms with E-state index in [2.05, 4.69) is 0 Å². The number of amides is 2. The van der Waals surface area contributed by atoms with Crippen LogP contribution in [0.4, 0.5) is 11.4 Å². The first-order valence-corrected chi connectivity index (χ1v) is 12.8. The number of hydrogen-bond donors (Lipinski definition) is 0. The highest BCUT2D eigenvalue weighted by molar-refractivity contribution is 6.24. The zero-order chi connectivity index (χ0) is 28.1. The third kappa shape index (κ3) is 3.77. The van der Waals surface area contributed by atoms with Crippen LogP contribution in [0, 0.1) is 33.8 Å². The van der Waals surface area contributed by atoms with Crippen molar-refractivity contribution in [2.75, 3.05) is 26.2 Å². The Labute approximate surface area is 230 Å². The van der Waals surface area contributed by atoms with E-state index >= 15 is 0 Å². The summed E-state index contributed by atoms with van der Waals surface area (Å²) in [5, 5.41) is 11.3. The smallest absolute Gasteiger partial charge is 0.273 e. The second kappa shape index (κ2) is 9.68. The van der Waals surface area contributed by atoms with Crippen LogP contribution < -0.4 is 19.1 Å². The molecule has 0 N–H and O–H groups in total. The second-order valence-electron chi connectivity index (χ2n) is 9.90. The Balaban J connectivity index is 1.45. The molecule has 2 bridgehead atoms. The lowest BCUT2D eigenvalue weighted by Gasteiger charge is -2.22. The van der Waals surface area contributed by atoms with E-state index in [9.17, 15) is 19.7 Å². The van der Waals surface area contributed by atoms with Crippen LogP contribution in [0.1, 0.15) is 11.1 Å². The van der Waals surface area contributed by atoms with Gasteiger partial charge in [0.2, 0.25) is 11.8 Å². The molecule has 1 aliphatic heterocycles. The number of methoxy groups -OCH3 is 3. The van der Waals surface area contributed by atoms with Gasteiger partial charge in [-0.05, 0) is 52.6 Å². The summed E-state index contributed by atoms with van der Waals surface area (Å²) in [6.07, 6.45) is 4.05. The molecule has 1 saturated heterocycles.